The Hall–Kier alpha value is -4.23. The maximum atomic E-state index is 13.5. The van der Waals surface area contributed by atoms with Gasteiger partial charge >= 0.3 is 0 Å². The van der Waals surface area contributed by atoms with Crippen LogP contribution < -0.4 is 5.32 Å². The third-order valence-electron chi connectivity index (χ3n) is 6.28. The van der Waals surface area contributed by atoms with Gasteiger partial charge in [0, 0.05) is 36.1 Å². The normalized spacial score (nSPS) is 13.4. The second-order valence-corrected chi connectivity index (χ2v) is 8.93. The molecule has 5 rings (SSSR count). The van der Waals surface area contributed by atoms with Gasteiger partial charge in [-0.05, 0) is 49.7 Å². The van der Waals surface area contributed by atoms with Crippen LogP contribution in [-0.4, -0.2) is 52.8 Å². The predicted molar refractivity (Wildman–Crippen MR) is 140 cm³/mol. The summed E-state index contributed by atoms with van der Waals surface area (Å²) in [7, 11) is 0. The lowest BCUT2D eigenvalue weighted by Crippen LogP contribution is -2.40. The van der Waals surface area contributed by atoms with E-state index in [0.717, 1.165) is 22.4 Å². The maximum Gasteiger partial charge on any atom is 0.259 e. The van der Waals surface area contributed by atoms with Crippen molar-refractivity contribution < 1.29 is 14.3 Å². The molecule has 1 N–H and O–H groups in total. The number of rotatable bonds is 5. The lowest BCUT2D eigenvalue weighted by atomic mass is 10.0. The Kier molecular flexibility index (Phi) is 6.64. The van der Waals surface area contributed by atoms with E-state index in [1.54, 1.807) is 40.0 Å². The lowest BCUT2D eigenvalue weighted by Gasteiger charge is -2.27. The zero-order chi connectivity index (χ0) is 25.1. The van der Waals surface area contributed by atoms with Crippen LogP contribution in [0.15, 0.2) is 79.0 Å². The molecule has 7 heteroatoms. The summed E-state index contributed by atoms with van der Waals surface area (Å²) in [5.74, 6) is -0.356. The summed E-state index contributed by atoms with van der Waals surface area (Å²) >= 11 is 0. The molecular weight excluding hydrogens is 452 g/mol. The van der Waals surface area contributed by atoms with Crippen LogP contribution in [0.1, 0.15) is 31.8 Å². The van der Waals surface area contributed by atoms with Gasteiger partial charge in [0.15, 0.2) is 0 Å². The van der Waals surface area contributed by atoms with E-state index >= 15 is 0 Å². The van der Waals surface area contributed by atoms with Gasteiger partial charge in [-0.3, -0.25) is 9.59 Å². The summed E-state index contributed by atoms with van der Waals surface area (Å²) in [5, 5.41) is 7.77. The highest BCUT2D eigenvalue weighted by Crippen LogP contribution is 2.28. The Labute approximate surface area is 210 Å². The third kappa shape index (κ3) is 4.92. The molecule has 1 aliphatic heterocycles. The number of amides is 2. The Balaban J connectivity index is 1.47. The molecule has 36 heavy (non-hydrogen) atoms. The number of hydrogen-bond acceptors (Lipinski definition) is 4. The van der Waals surface area contributed by atoms with E-state index in [0.29, 0.717) is 48.8 Å². The number of benzene rings is 3. The first-order valence-electron chi connectivity index (χ1n) is 12.0. The smallest absolute Gasteiger partial charge is 0.259 e. The monoisotopic (exact) mass is 480 g/mol. The quantitative estimate of drug-likeness (QED) is 0.442. The minimum Gasteiger partial charge on any atom is -0.378 e. The molecule has 0 spiro atoms. The molecular formula is C29H28N4O3. The van der Waals surface area contributed by atoms with Gasteiger partial charge in [0.1, 0.15) is 5.69 Å². The van der Waals surface area contributed by atoms with Crippen molar-refractivity contribution in [3.8, 4) is 16.9 Å². The van der Waals surface area contributed by atoms with Crippen LogP contribution in [-0.2, 0) is 4.74 Å². The molecule has 1 fully saturated rings. The van der Waals surface area contributed by atoms with Crippen LogP contribution in [0.5, 0.6) is 0 Å². The number of carbonyl (C=O) groups is 2. The van der Waals surface area contributed by atoms with Crippen molar-refractivity contribution >= 4 is 17.5 Å². The molecule has 182 valence electrons. The number of nitrogens with zero attached hydrogens (tertiary/aromatic N) is 3. The highest BCUT2D eigenvalue weighted by Gasteiger charge is 2.22. The minimum absolute atomic E-state index is 0.0673. The third-order valence-corrected chi connectivity index (χ3v) is 6.28. The van der Waals surface area contributed by atoms with E-state index in [4.69, 9.17) is 9.84 Å². The fraction of sp³-hybridized carbons (Fsp3) is 0.207. The van der Waals surface area contributed by atoms with Gasteiger partial charge in [-0.15, -0.1) is 0 Å². The second-order valence-electron chi connectivity index (χ2n) is 8.93. The first-order valence-corrected chi connectivity index (χ1v) is 12.0. The Morgan fingerprint density at radius 1 is 0.917 bits per heavy atom. The van der Waals surface area contributed by atoms with E-state index in [-0.39, 0.29) is 11.8 Å². The van der Waals surface area contributed by atoms with Crippen LogP contribution in [0.2, 0.25) is 0 Å². The highest BCUT2D eigenvalue weighted by molar-refractivity contribution is 6.08. The summed E-state index contributed by atoms with van der Waals surface area (Å²) in [5.41, 5.74) is 6.09. The van der Waals surface area contributed by atoms with Gasteiger partial charge in [-0.2, -0.15) is 5.10 Å². The standard InChI is InChI=1S/C29H28N4O3/c1-20-11-12-25(21(2)17-20)27-26(19-33(31-27)24-9-4-3-5-10-24)28(34)30-23-8-6-7-22(18-23)29(35)32-13-15-36-16-14-32/h3-12,17-19H,13-16H2,1-2H3,(H,30,34). The molecule has 0 radical (unpaired) electrons. The number of carbonyl (C=O) groups excluding carboxylic acids is 2. The van der Waals surface area contributed by atoms with Crippen molar-refractivity contribution in [1.82, 2.24) is 14.7 Å². The summed E-state index contributed by atoms with van der Waals surface area (Å²) in [6.45, 7) is 6.26. The zero-order valence-electron chi connectivity index (χ0n) is 20.4. The van der Waals surface area contributed by atoms with Crippen molar-refractivity contribution in [3.05, 3.63) is 101 Å². The van der Waals surface area contributed by atoms with Gasteiger partial charge in [0.25, 0.3) is 11.8 Å². The Bertz CT molecular complexity index is 1410. The van der Waals surface area contributed by atoms with Gasteiger partial charge in [0.05, 0.1) is 24.5 Å². The molecule has 1 aliphatic rings. The second kappa shape index (κ2) is 10.2. The molecule has 7 nitrogen and oxygen atoms in total. The number of aryl methyl sites for hydroxylation is 2. The van der Waals surface area contributed by atoms with Crippen molar-refractivity contribution in [1.29, 1.82) is 0 Å². The number of para-hydroxylation sites is 1. The van der Waals surface area contributed by atoms with E-state index in [1.165, 1.54) is 0 Å². The van der Waals surface area contributed by atoms with Gasteiger partial charge in [-0.25, -0.2) is 4.68 Å². The maximum absolute atomic E-state index is 13.5. The van der Waals surface area contributed by atoms with Crippen molar-refractivity contribution in [2.45, 2.75) is 13.8 Å². The first-order chi connectivity index (χ1) is 17.5. The first kappa shape index (κ1) is 23.5. The summed E-state index contributed by atoms with van der Waals surface area (Å²) in [6.07, 6.45) is 1.75. The average molecular weight is 481 g/mol. The number of aromatic nitrogens is 2. The molecule has 0 unspecified atom stereocenters. The molecule has 1 aromatic heterocycles. The molecule has 0 atom stereocenters. The van der Waals surface area contributed by atoms with Crippen molar-refractivity contribution in [3.63, 3.8) is 0 Å². The van der Waals surface area contributed by atoms with E-state index < -0.39 is 0 Å². The zero-order valence-corrected chi connectivity index (χ0v) is 20.4. The molecule has 3 aromatic carbocycles. The largest absolute Gasteiger partial charge is 0.378 e. The molecule has 2 heterocycles. The van der Waals surface area contributed by atoms with Gasteiger partial charge in [-0.1, -0.05) is 48.0 Å². The van der Waals surface area contributed by atoms with Crippen LogP contribution >= 0.6 is 0 Å². The van der Waals surface area contributed by atoms with Crippen molar-refractivity contribution in [2.24, 2.45) is 0 Å². The number of morpholine rings is 1. The predicted octanol–water partition coefficient (Wildman–Crippen LogP) is 4.88. The van der Waals surface area contributed by atoms with E-state index in [2.05, 4.69) is 11.4 Å². The molecule has 0 bridgehead atoms. The van der Waals surface area contributed by atoms with Gasteiger partial charge < -0.3 is 15.0 Å². The summed E-state index contributed by atoms with van der Waals surface area (Å²) in [4.78, 5) is 28.2. The number of ether oxygens (including phenoxy) is 1. The molecule has 1 saturated heterocycles. The summed E-state index contributed by atoms with van der Waals surface area (Å²) in [6, 6.07) is 22.9. The summed E-state index contributed by atoms with van der Waals surface area (Å²) < 4.78 is 7.07. The fourth-order valence-electron chi connectivity index (χ4n) is 4.41. The van der Waals surface area contributed by atoms with Crippen LogP contribution in [0.3, 0.4) is 0 Å². The fourth-order valence-corrected chi connectivity index (χ4v) is 4.41. The minimum atomic E-state index is -0.289. The van der Waals surface area contributed by atoms with Crippen molar-refractivity contribution in [2.75, 3.05) is 31.6 Å². The van der Waals surface area contributed by atoms with Crippen LogP contribution in [0.4, 0.5) is 5.69 Å². The number of anilines is 1. The SMILES string of the molecule is Cc1ccc(-c2nn(-c3ccccc3)cc2C(=O)Nc2cccc(C(=O)N3CCOCC3)c2)c(C)c1. The molecule has 0 aliphatic carbocycles. The number of hydrogen-bond donors (Lipinski definition) is 1. The number of nitrogens with one attached hydrogen (secondary N) is 1. The van der Waals surface area contributed by atoms with Crippen LogP contribution in [0, 0.1) is 13.8 Å². The lowest BCUT2D eigenvalue weighted by molar-refractivity contribution is 0.0303. The highest BCUT2D eigenvalue weighted by atomic mass is 16.5. The molecule has 4 aromatic rings. The van der Waals surface area contributed by atoms with Crippen LogP contribution in [0.25, 0.3) is 16.9 Å². The van der Waals surface area contributed by atoms with E-state index in [9.17, 15) is 9.59 Å². The Morgan fingerprint density at radius 3 is 2.44 bits per heavy atom. The Morgan fingerprint density at radius 2 is 1.69 bits per heavy atom. The average Bonchev–Trinajstić information content (AvgIpc) is 3.35. The van der Waals surface area contributed by atoms with E-state index in [1.807, 2.05) is 56.3 Å². The molecule has 0 saturated carbocycles. The van der Waals surface area contributed by atoms with Gasteiger partial charge in [0.2, 0.25) is 0 Å². The molecule has 2 amide bonds. The topological polar surface area (TPSA) is 76.5 Å².